The number of esters is 2. The monoisotopic (exact) mass is 1760 g/mol. The number of amides is 12. The fraction of sp³-hybridized carbons (Fsp3) is 0.640. The van der Waals surface area contributed by atoms with Crippen LogP contribution in [0.15, 0.2) is 83.0 Å². The number of imide groups is 1. The second-order valence-corrected chi connectivity index (χ2v) is 38.2. The van der Waals surface area contributed by atoms with E-state index in [-0.39, 0.29) is 163 Å². The van der Waals surface area contributed by atoms with Gasteiger partial charge in [0, 0.05) is 72.5 Å². The lowest BCUT2D eigenvalue weighted by molar-refractivity contribution is -0.138. The average Bonchev–Trinajstić information content (AvgIpc) is 1.42. The van der Waals surface area contributed by atoms with E-state index in [1.807, 2.05) is 27.7 Å². The van der Waals surface area contributed by atoms with Crippen LogP contribution in [0.5, 0.6) is 0 Å². The summed E-state index contributed by atoms with van der Waals surface area (Å²) in [5.74, 6) is -7.76. The first-order chi connectivity index (χ1) is 60.4. The van der Waals surface area contributed by atoms with Crippen LogP contribution < -0.4 is 54.0 Å². The number of epoxide rings is 6. The van der Waals surface area contributed by atoms with Crippen molar-refractivity contribution in [3.8, 4) is 0 Å². The minimum absolute atomic E-state index is 0.00818. The lowest BCUT2D eigenvalue weighted by Gasteiger charge is -2.53. The van der Waals surface area contributed by atoms with Crippen LogP contribution in [-0.2, 0) is 125 Å². The van der Waals surface area contributed by atoms with Crippen molar-refractivity contribution >= 4 is 89.3 Å². The highest BCUT2D eigenvalue weighted by molar-refractivity contribution is 6.13. The second-order valence-electron chi connectivity index (χ2n) is 38.2. The number of hydrogen-bond acceptors (Lipinski definition) is 27. The first-order valence-electron chi connectivity index (χ1n) is 44.2. The molecule has 10 fully saturated rings. The van der Waals surface area contributed by atoms with Crippen molar-refractivity contribution in [2.24, 2.45) is 57.8 Å². The molecule has 12 amide bonds. The minimum atomic E-state index is -1.32. The molecule has 6 saturated heterocycles. The topological polar surface area (TPSA) is 524 Å². The zero-order valence-electron chi connectivity index (χ0n) is 72.7. The molecule has 2 aromatic rings. The van der Waals surface area contributed by atoms with Gasteiger partial charge in [-0.25, -0.2) is 28.8 Å². The largest absolute Gasteiger partial charge is 0.509 e. The molecular weight excluding hydrogens is 1650 g/mol. The molecule has 0 radical (unpaired) electrons. The van der Waals surface area contributed by atoms with Crippen LogP contribution >= 0.6 is 0 Å². The Morgan fingerprint density at radius 3 is 1.37 bits per heavy atom. The van der Waals surface area contributed by atoms with E-state index in [4.69, 9.17) is 68.3 Å². The van der Waals surface area contributed by atoms with Gasteiger partial charge in [-0.05, 0) is 140 Å². The van der Waals surface area contributed by atoms with Crippen LogP contribution in [0.25, 0.3) is 0 Å². The van der Waals surface area contributed by atoms with Crippen molar-refractivity contribution in [3.63, 3.8) is 0 Å². The predicted molar refractivity (Wildman–Crippen MR) is 439 cm³/mol. The van der Waals surface area contributed by atoms with E-state index in [0.717, 1.165) is 39.3 Å². The maximum atomic E-state index is 14.5. The van der Waals surface area contributed by atoms with E-state index in [9.17, 15) is 67.1 Å². The van der Waals surface area contributed by atoms with E-state index in [2.05, 4.69) is 56.4 Å². The number of primary amides is 2. The van der Waals surface area contributed by atoms with Crippen LogP contribution in [0.3, 0.4) is 0 Å². The quantitative estimate of drug-likeness (QED) is 0.0154. The number of carbonyl (C=O) groups excluding carboxylic acids is 14. The number of nitrogens with one attached hydrogen (secondary N) is 8. The summed E-state index contributed by atoms with van der Waals surface area (Å²) in [6, 6.07) is 6.49. The van der Waals surface area contributed by atoms with Crippen LogP contribution in [0.4, 0.5) is 24.9 Å². The summed E-state index contributed by atoms with van der Waals surface area (Å²) in [5.41, 5.74) is 9.91. The second kappa shape index (κ2) is 32.8. The van der Waals surface area contributed by atoms with Gasteiger partial charge in [-0.15, -0.1) is 0 Å². The third-order valence-electron chi connectivity index (χ3n) is 30.0. The molecule has 12 N–H and O–H groups in total. The first-order valence-corrected chi connectivity index (χ1v) is 44.2. The maximum Gasteiger partial charge on any atom is 0.509 e. The molecular formula is C89H112N12O26. The Labute approximate surface area is 732 Å². The Morgan fingerprint density at radius 2 is 0.945 bits per heavy atom. The molecule has 0 aromatic heterocycles. The van der Waals surface area contributed by atoms with Gasteiger partial charge in [-0.1, -0.05) is 106 Å². The summed E-state index contributed by atoms with van der Waals surface area (Å²) >= 11 is 0. The molecule has 2 unspecified atom stereocenters. The average molecular weight is 1770 g/mol. The fourth-order valence-electron chi connectivity index (χ4n) is 23.3. The van der Waals surface area contributed by atoms with Crippen molar-refractivity contribution in [2.45, 2.75) is 260 Å². The van der Waals surface area contributed by atoms with Crippen LogP contribution in [0, 0.1) is 46.3 Å². The normalized spacial score (nSPS) is 34.0. The fourth-order valence-corrected chi connectivity index (χ4v) is 23.3. The highest BCUT2D eigenvalue weighted by atomic mass is 16.8. The van der Waals surface area contributed by atoms with Gasteiger partial charge >= 0.3 is 36.3 Å². The van der Waals surface area contributed by atoms with Gasteiger partial charge in [-0.3, -0.25) is 48.2 Å². The van der Waals surface area contributed by atoms with Crippen LogP contribution in [0.1, 0.15) is 150 Å². The summed E-state index contributed by atoms with van der Waals surface area (Å²) in [7, 11) is 0. The van der Waals surface area contributed by atoms with Crippen LogP contribution in [-0.4, -0.2) is 252 Å². The number of benzene rings is 2. The summed E-state index contributed by atoms with van der Waals surface area (Å²) in [6.07, 6.45) is 0.526. The number of hydrogen-bond donors (Lipinski definition) is 10. The Hall–Kier alpha value is -10.6. The maximum absolute atomic E-state index is 14.5. The van der Waals surface area contributed by atoms with Gasteiger partial charge < -0.3 is 111 Å². The number of urea groups is 2. The van der Waals surface area contributed by atoms with E-state index in [1.165, 1.54) is 4.90 Å². The number of nitrogens with zero attached hydrogens (tertiary/aromatic N) is 2. The van der Waals surface area contributed by atoms with Gasteiger partial charge in [0.25, 0.3) is 11.8 Å². The zero-order chi connectivity index (χ0) is 90.3. The van der Waals surface area contributed by atoms with E-state index in [1.54, 1.807) is 76.2 Å². The van der Waals surface area contributed by atoms with Gasteiger partial charge in [0.05, 0.1) is 25.3 Å². The van der Waals surface area contributed by atoms with E-state index < -0.39 is 177 Å². The SMILES string of the molecule is CC(C)[C@H](NC(=O)CN(CCN1C(=O)C=CC1=O)CC(=O)N[C@H](C(=O)N[C@@H](CCCNC(N)=O)C(=O)Nc1ccc(COC(=O)O[C@@H]2[C@@]3(C(C)C)O[C@H]3[C@@H]3O[C@]34[C@]23O[C@H]3CC2C3=C(CC[C@@]24C)C(=O)OC3)cc1)C(C)C)C(=O)N[C@@H](CCCNC(N)=O)C(=O)NCc1ccc(COC(=O)O[C@@H]2[C@@]3(C(C)C)O[C@H]3[C@@H]3O[C@]34[C@]23O[C@H]3CC2C3=C(CC[C@@]24C)C(=O)OC3)cc1. The standard InChI is InChI=1S/C89H112N12O26/c1-42(2)64(72(108)96-56(13-11-29-92-78(90)112)70(106)94-35-46-15-17-47(18-16-46)38-118-80(114)120-76-84(44(5)6)66(124-84)68-88(126-68)82(9)27-25-50-52(40-116-74(50)110)54(82)33-58-86(76,88)122-58)98-60(102)36-100(31-32-101-62(104)23-24-63(101)105)37-61(103)99-65(43(3)4)73(109)97-57(14-12-30-93-79(91)113)71(107)95-49-21-19-48(20-22-49)39-119-81(115)121-77-85(45(7)8)67(125-85)69-89(127-69)83(10)28-26-51-53(41-117-75(51)111)55(83)34-59-87(77,89)123-59/h15-24,42-45,54-59,64-69,76-77H,11-14,25-41H2,1-10H3,(H,94,106)(H,95,107)(H,96,108)(H,97,109)(H,98,102)(H,99,103)(H3,90,92,112)(H3,91,93,113)/t54?,55?,56-,57-,58-,59-,64-,65-,66-,67-,68-,69-,76+,77+,82-,83-,84-,85-,86+,87+,88+,89+/m0/s1. The van der Waals surface area contributed by atoms with Crippen molar-refractivity contribution in [2.75, 3.05) is 57.8 Å². The number of fused-ring (bicyclic) bond motifs is 8. The summed E-state index contributed by atoms with van der Waals surface area (Å²) < 4.78 is 75.6. The summed E-state index contributed by atoms with van der Waals surface area (Å²) in [5, 5.41) is 21.5. The molecule has 38 nitrogen and oxygen atoms in total. The van der Waals surface area contributed by atoms with Crippen molar-refractivity contribution in [1.82, 2.24) is 47.0 Å². The zero-order valence-corrected chi connectivity index (χ0v) is 72.7. The summed E-state index contributed by atoms with van der Waals surface area (Å²) in [6.45, 7) is 17.4. The highest BCUT2D eigenvalue weighted by Crippen LogP contribution is 2.85. The number of rotatable bonds is 36. The Balaban J connectivity index is 0.496. The van der Waals surface area contributed by atoms with Crippen molar-refractivity contribution < 1.29 is 124 Å². The smallest absolute Gasteiger partial charge is 0.458 e. The molecule has 4 saturated carbocycles. The molecule has 127 heavy (non-hydrogen) atoms. The van der Waals surface area contributed by atoms with Gasteiger partial charge in [0.1, 0.15) is 97.4 Å². The molecule has 15 aliphatic rings. The predicted octanol–water partition coefficient (Wildman–Crippen LogP) is 2.87. The van der Waals surface area contributed by atoms with Gasteiger partial charge in [0.2, 0.25) is 35.4 Å². The molecule has 9 aliphatic heterocycles. The molecule has 17 rings (SSSR count). The number of cyclic esters (lactones) is 2. The number of anilines is 1. The molecule has 38 heteroatoms. The van der Waals surface area contributed by atoms with Gasteiger partial charge in [-0.2, -0.15) is 0 Å². The van der Waals surface area contributed by atoms with E-state index in [0.29, 0.717) is 55.2 Å². The number of carbonyl (C=O) groups is 14. The number of ether oxygens (including phenoxy) is 12. The van der Waals surface area contributed by atoms with E-state index >= 15 is 0 Å². The lowest BCUT2D eigenvalue weighted by atomic mass is 9.46. The van der Waals surface area contributed by atoms with Crippen LogP contribution in [0.2, 0.25) is 0 Å². The minimum Gasteiger partial charge on any atom is -0.458 e. The van der Waals surface area contributed by atoms with Gasteiger partial charge in [0.15, 0.2) is 23.4 Å². The van der Waals surface area contributed by atoms with Crippen molar-refractivity contribution in [3.05, 3.63) is 99.7 Å². The lowest BCUT2D eigenvalue weighted by Crippen LogP contribution is -2.70. The highest BCUT2D eigenvalue weighted by Gasteiger charge is 3.03. The molecule has 9 heterocycles. The third kappa shape index (κ3) is 14.8. The first kappa shape index (κ1) is 88.4. The van der Waals surface area contributed by atoms with Crippen molar-refractivity contribution in [1.29, 1.82) is 0 Å². The molecule has 0 bridgehead atoms. The molecule has 22 atom stereocenters. The Morgan fingerprint density at radius 1 is 0.520 bits per heavy atom. The summed E-state index contributed by atoms with van der Waals surface area (Å²) in [4.78, 5) is 191. The number of nitrogens with two attached hydrogens (primary N) is 2. The molecule has 4 spiro atoms. The molecule has 2 aromatic carbocycles. The third-order valence-corrected chi connectivity index (χ3v) is 30.0. The molecule has 684 valence electrons. The Kier molecular flexibility index (Phi) is 22.9. The Bertz CT molecular complexity index is 4980. The molecule has 6 aliphatic carbocycles.